The van der Waals surface area contributed by atoms with Crippen LogP contribution < -0.4 is 88.7 Å². The van der Waals surface area contributed by atoms with E-state index in [0.29, 0.717) is 0 Å². The van der Waals surface area contributed by atoms with Crippen molar-refractivity contribution in [3.63, 3.8) is 0 Å². The largest absolute Gasteiger partial charge is 1.00 e. The maximum Gasteiger partial charge on any atom is 1.00 e. The molecule has 0 aliphatic heterocycles. The Bertz CT molecular complexity index is 298. The zero-order valence-electron chi connectivity index (χ0n) is 11.8. The van der Waals surface area contributed by atoms with Crippen molar-refractivity contribution in [3.05, 3.63) is 0 Å². The van der Waals surface area contributed by atoms with Gasteiger partial charge < -0.3 is 13.6 Å². The van der Waals surface area contributed by atoms with E-state index in [1.165, 1.54) is 0 Å². The molecule has 0 radical (unpaired) electrons. The normalized spacial score (nSPS) is 8.60. The van der Waals surface area contributed by atoms with Crippen LogP contribution in [0.1, 0.15) is 17.1 Å². The minimum atomic E-state index is -4.81. The van der Waals surface area contributed by atoms with Crippen LogP contribution in [0.15, 0.2) is 0 Å². The molecular formula is C4H9Na3O7S. The van der Waals surface area contributed by atoms with Crippen LogP contribution in [-0.2, 0) is 24.2 Å². The number of hydrogen-bond donors (Lipinski definition) is 2. The van der Waals surface area contributed by atoms with Crippen LogP contribution in [0.4, 0.5) is 0 Å². The van der Waals surface area contributed by atoms with Gasteiger partial charge in [0.1, 0.15) is 0 Å². The van der Waals surface area contributed by atoms with Gasteiger partial charge in [-0.1, -0.05) is 0 Å². The topological polar surface area (TPSA) is 118 Å². The van der Waals surface area contributed by atoms with Crippen molar-refractivity contribution in [2.24, 2.45) is 0 Å². The zero-order valence-corrected chi connectivity index (χ0v) is 15.6. The van der Waals surface area contributed by atoms with Crippen molar-refractivity contribution in [2.45, 2.75) is 12.8 Å². The molecule has 0 unspecified atom stereocenters. The Labute approximate surface area is 158 Å². The van der Waals surface area contributed by atoms with Crippen LogP contribution >= 0.6 is 0 Å². The van der Waals surface area contributed by atoms with E-state index in [1.54, 1.807) is 0 Å². The maximum atomic E-state index is 10.3. The van der Waals surface area contributed by atoms with Crippen LogP contribution in [0.25, 0.3) is 0 Å². The van der Waals surface area contributed by atoms with Crippen molar-refractivity contribution < 1.29 is 125 Å². The van der Waals surface area contributed by atoms with Crippen LogP contribution in [0.2, 0.25) is 0 Å². The zero-order chi connectivity index (χ0) is 9.78. The molecule has 0 aromatic carbocycles. The number of carbonyl (C=O) groups is 2. The van der Waals surface area contributed by atoms with Gasteiger partial charge in [0.15, 0.2) is 0 Å². The van der Waals surface area contributed by atoms with Gasteiger partial charge >= 0.3 is 111 Å². The smallest absolute Gasteiger partial charge is 1.00 e. The first-order valence-electron chi connectivity index (χ1n) is 2.73. The summed E-state index contributed by atoms with van der Waals surface area (Å²) in [6.45, 7) is 0. The monoisotopic (exact) mass is 270 g/mol. The van der Waals surface area contributed by atoms with Crippen molar-refractivity contribution in [2.75, 3.05) is 0 Å². The standard InChI is InChI=1S/C4H6O7S.3Na.3H/c5-3(6)1-2-4(7)11-12(8,9)10;;;;;;/h1-2H2,(H,5,6)(H,8,9,10);;;;;;/q;3*+1;3*-1. The Kier molecular flexibility index (Phi) is 21.0. The number of carboxylic acid groups (broad SMARTS) is 1. The molecule has 0 rings (SSSR count). The molecule has 0 heterocycles. The number of carbonyl (C=O) groups excluding carboxylic acids is 1. The van der Waals surface area contributed by atoms with Gasteiger partial charge in [0.2, 0.25) is 0 Å². The van der Waals surface area contributed by atoms with Crippen LogP contribution in [0, 0.1) is 0 Å². The average molecular weight is 270 g/mol. The fourth-order valence-electron chi connectivity index (χ4n) is 0.368. The predicted molar refractivity (Wildman–Crippen MR) is 37.8 cm³/mol. The molecule has 0 atom stereocenters. The second-order valence-corrected chi connectivity index (χ2v) is 2.80. The third-order valence-corrected chi connectivity index (χ3v) is 1.14. The van der Waals surface area contributed by atoms with Gasteiger partial charge in [-0.3, -0.25) is 14.1 Å². The summed E-state index contributed by atoms with van der Waals surface area (Å²) < 4.78 is 31.1. The molecule has 0 spiro atoms. The third-order valence-electron chi connectivity index (χ3n) is 0.741. The summed E-state index contributed by atoms with van der Waals surface area (Å²) in [5.74, 6) is -2.57. The molecule has 0 fully saturated rings. The molecule has 2 N–H and O–H groups in total. The van der Waals surface area contributed by atoms with Crippen LogP contribution in [0.5, 0.6) is 0 Å². The molecule has 7 nitrogen and oxygen atoms in total. The molecule has 0 aromatic heterocycles. The van der Waals surface area contributed by atoms with Crippen molar-refractivity contribution >= 4 is 22.3 Å². The fourth-order valence-corrected chi connectivity index (χ4v) is 0.686. The second-order valence-electron chi connectivity index (χ2n) is 1.78. The maximum absolute atomic E-state index is 10.3. The Morgan fingerprint density at radius 3 is 1.80 bits per heavy atom. The van der Waals surface area contributed by atoms with E-state index in [4.69, 9.17) is 9.66 Å². The number of aliphatic carboxylic acids is 1. The Balaban J connectivity index is -0.0000000403. The van der Waals surface area contributed by atoms with Gasteiger partial charge in [-0.2, -0.15) is 8.42 Å². The molecule has 15 heavy (non-hydrogen) atoms. The van der Waals surface area contributed by atoms with E-state index in [0.717, 1.165) is 0 Å². The van der Waals surface area contributed by atoms with Gasteiger partial charge in [-0.15, -0.1) is 0 Å². The molecule has 0 aromatic rings. The molecule has 0 amide bonds. The van der Waals surface area contributed by atoms with E-state index >= 15 is 0 Å². The van der Waals surface area contributed by atoms with Gasteiger partial charge in [0.05, 0.1) is 12.8 Å². The van der Waals surface area contributed by atoms with E-state index in [2.05, 4.69) is 4.18 Å². The van der Waals surface area contributed by atoms with E-state index in [-0.39, 0.29) is 93.0 Å². The van der Waals surface area contributed by atoms with Gasteiger partial charge in [-0.05, 0) is 0 Å². The quantitative estimate of drug-likeness (QED) is 0.384. The average Bonchev–Trinajstić information content (AvgIpc) is 1.79. The van der Waals surface area contributed by atoms with E-state index < -0.39 is 35.2 Å². The van der Waals surface area contributed by atoms with Crippen molar-refractivity contribution in [1.29, 1.82) is 0 Å². The van der Waals surface area contributed by atoms with E-state index in [1.807, 2.05) is 0 Å². The SMILES string of the molecule is O=C(O)CCC(=O)OS(=O)(=O)O.[H-].[H-].[H-].[Na+].[Na+].[Na+]. The van der Waals surface area contributed by atoms with Crippen LogP contribution in [-0.4, -0.2) is 30.0 Å². The minimum Gasteiger partial charge on any atom is -1.00 e. The Morgan fingerprint density at radius 2 is 1.53 bits per heavy atom. The minimum absolute atomic E-state index is 0. The van der Waals surface area contributed by atoms with Crippen molar-refractivity contribution in [1.82, 2.24) is 0 Å². The summed E-state index contributed by atoms with van der Waals surface area (Å²) in [4.78, 5) is 20.2. The number of rotatable bonds is 4. The molecule has 0 bridgehead atoms. The molecular weight excluding hydrogens is 261 g/mol. The summed E-state index contributed by atoms with van der Waals surface area (Å²) in [5, 5.41) is 8.04. The summed E-state index contributed by atoms with van der Waals surface area (Å²) in [6.07, 6.45) is -1.15. The Hall–Kier alpha value is 1.85. The van der Waals surface area contributed by atoms with Crippen LogP contribution in [0.3, 0.4) is 0 Å². The fraction of sp³-hybridized carbons (Fsp3) is 0.500. The second kappa shape index (κ2) is 12.3. The first-order valence-corrected chi connectivity index (χ1v) is 4.09. The first-order chi connectivity index (χ1) is 5.31. The first kappa shape index (κ1) is 25.6. The van der Waals surface area contributed by atoms with Gasteiger partial charge in [0.25, 0.3) is 0 Å². The molecule has 0 saturated heterocycles. The predicted octanol–water partition coefficient (Wildman–Crippen LogP) is -9.45. The van der Waals surface area contributed by atoms with Gasteiger partial charge in [-0.25, -0.2) is 0 Å². The number of hydrogen-bond acceptors (Lipinski definition) is 5. The Morgan fingerprint density at radius 1 is 1.13 bits per heavy atom. The van der Waals surface area contributed by atoms with Crippen molar-refractivity contribution in [3.8, 4) is 0 Å². The molecule has 76 valence electrons. The summed E-state index contributed by atoms with van der Waals surface area (Å²) >= 11 is 0. The molecule has 0 saturated carbocycles. The molecule has 0 aliphatic carbocycles. The summed E-state index contributed by atoms with van der Waals surface area (Å²) in [5.41, 5.74) is 0. The number of carboxylic acids is 1. The van der Waals surface area contributed by atoms with E-state index in [9.17, 15) is 18.0 Å². The third kappa shape index (κ3) is 21.7. The summed E-state index contributed by atoms with van der Waals surface area (Å²) in [6, 6.07) is 0. The van der Waals surface area contributed by atoms with Gasteiger partial charge in [0, 0.05) is 0 Å². The molecule has 0 aliphatic rings. The summed E-state index contributed by atoms with van der Waals surface area (Å²) in [7, 11) is -4.81. The molecule has 11 heteroatoms.